The van der Waals surface area contributed by atoms with Crippen LogP contribution in [0.1, 0.15) is 63.3 Å². The number of rotatable bonds is 7. The Morgan fingerprint density at radius 2 is 1.95 bits per heavy atom. The summed E-state index contributed by atoms with van der Waals surface area (Å²) in [7, 11) is 0. The molecule has 1 amide bonds. The Labute approximate surface area is 229 Å². The number of halogens is 2. The van der Waals surface area contributed by atoms with Crippen LogP contribution >= 0.6 is 23.2 Å². The molecule has 12 heteroatoms. The van der Waals surface area contributed by atoms with Gasteiger partial charge in [0.2, 0.25) is 5.91 Å². The molecule has 1 aromatic carbocycles. The molecule has 1 aliphatic heterocycles. The molecule has 0 spiro atoms. The minimum absolute atomic E-state index is 0.135. The fourth-order valence-corrected chi connectivity index (χ4v) is 4.94. The van der Waals surface area contributed by atoms with E-state index in [1.165, 1.54) is 15.8 Å². The first-order valence-corrected chi connectivity index (χ1v) is 13.2. The van der Waals surface area contributed by atoms with Crippen LogP contribution < -0.4 is 0 Å². The van der Waals surface area contributed by atoms with Gasteiger partial charge in [0.05, 0.1) is 36.1 Å². The summed E-state index contributed by atoms with van der Waals surface area (Å²) in [6.45, 7) is 5.04. The zero-order valence-corrected chi connectivity index (χ0v) is 22.8. The number of carbonyl (C=O) groups excluding carboxylic acids is 3. The highest BCUT2D eigenvalue weighted by atomic mass is 35.5. The molecule has 1 saturated carbocycles. The summed E-state index contributed by atoms with van der Waals surface area (Å²) in [4.78, 5) is 41.7. The van der Waals surface area contributed by atoms with Crippen LogP contribution in [0.2, 0.25) is 10.2 Å². The molecule has 2 unspecified atom stereocenters. The van der Waals surface area contributed by atoms with E-state index in [1.54, 1.807) is 39.0 Å². The molecule has 1 aliphatic carbocycles. The third-order valence-electron chi connectivity index (χ3n) is 6.53. The van der Waals surface area contributed by atoms with Gasteiger partial charge >= 0.3 is 5.97 Å². The van der Waals surface area contributed by atoms with Crippen molar-refractivity contribution in [3.63, 3.8) is 0 Å². The van der Waals surface area contributed by atoms with E-state index < -0.39 is 23.5 Å². The number of hydrogen-bond donors (Lipinski definition) is 0. The molecular formula is C26H28Cl2N6O4. The maximum atomic E-state index is 13.5. The molecule has 0 N–H and O–H groups in total. The molecule has 5 rings (SSSR count). The minimum atomic E-state index is -0.984. The quantitative estimate of drug-likeness (QED) is 0.403. The Morgan fingerprint density at radius 1 is 1.18 bits per heavy atom. The third kappa shape index (κ3) is 5.76. The summed E-state index contributed by atoms with van der Waals surface area (Å²) in [6.07, 6.45) is 5.56. The fraction of sp³-hybridized carbons (Fsp3) is 0.462. The van der Waals surface area contributed by atoms with Gasteiger partial charge in [-0.1, -0.05) is 28.4 Å². The lowest BCUT2D eigenvalue weighted by Gasteiger charge is -2.36. The number of esters is 1. The van der Waals surface area contributed by atoms with Crippen molar-refractivity contribution in [3.8, 4) is 5.69 Å². The third-order valence-corrected chi connectivity index (χ3v) is 6.94. The number of piperidine rings is 1. The Bertz CT molecular complexity index is 1390. The lowest BCUT2D eigenvalue weighted by Crippen LogP contribution is -2.54. The van der Waals surface area contributed by atoms with Crippen LogP contribution in [-0.4, -0.2) is 65.5 Å². The van der Waals surface area contributed by atoms with Crippen molar-refractivity contribution < 1.29 is 19.1 Å². The summed E-state index contributed by atoms with van der Waals surface area (Å²) < 4.78 is 8.98. The van der Waals surface area contributed by atoms with E-state index in [9.17, 15) is 14.4 Å². The number of nitrogens with zero attached hydrogens (tertiary/aromatic N) is 6. The Hall–Kier alpha value is -3.24. The first-order chi connectivity index (χ1) is 18.0. The van der Waals surface area contributed by atoms with Gasteiger partial charge in [-0.2, -0.15) is 5.10 Å². The average molecular weight is 559 g/mol. The van der Waals surface area contributed by atoms with Crippen LogP contribution in [0.15, 0.2) is 36.7 Å². The summed E-state index contributed by atoms with van der Waals surface area (Å²) in [5.74, 6) is -1.91. The van der Waals surface area contributed by atoms with E-state index in [-0.39, 0.29) is 36.2 Å². The highest BCUT2D eigenvalue weighted by Crippen LogP contribution is 2.35. The molecule has 3 heterocycles. The van der Waals surface area contributed by atoms with E-state index in [0.29, 0.717) is 28.0 Å². The van der Waals surface area contributed by atoms with Gasteiger partial charge in [0, 0.05) is 24.1 Å². The smallest absolute Gasteiger partial charge is 0.329 e. The van der Waals surface area contributed by atoms with Crippen LogP contribution in [0.3, 0.4) is 0 Å². The Morgan fingerprint density at radius 3 is 2.61 bits per heavy atom. The second-order valence-corrected chi connectivity index (χ2v) is 11.5. The van der Waals surface area contributed by atoms with Crippen molar-refractivity contribution in [2.75, 3.05) is 6.54 Å². The van der Waals surface area contributed by atoms with Gasteiger partial charge in [0.15, 0.2) is 10.9 Å². The first-order valence-electron chi connectivity index (χ1n) is 12.5. The van der Waals surface area contributed by atoms with E-state index >= 15 is 0 Å². The second-order valence-electron chi connectivity index (χ2n) is 10.7. The predicted octanol–water partition coefficient (Wildman–Crippen LogP) is 3.94. The molecular weight excluding hydrogens is 531 g/mol. The van der Waals surface area contributed by atoms with Gasteiger partial charge in [0.25, 0.3) is 0 Å². The van der Waals surface area contributed by atoms with Crippen LogP contribution in [0.25, 0.3) is 5.69 Å². The highest BCUT2D eigenvalue weighted by Gasteiger charge is 2.42. The predicted molar refractivity (Wildman–Crippen MR) is 139 cm³/mol. The molecule has 0 bridgehead atoms. The molecule has 1 saturated heterocycles. The summed E-state index contributed by atoms with van der Waals surface area (Å²) in [5.41, 5.74) is 0.982. The molecule has 2 atom stereocenters. The van der Waals surface area contributed by atoms with Gasteiger partial charge in [-0.15, -0.1) is 5.10 Å². The lowest BCUT2D eigenvalue weighted by atomic mass is 9.86. The average Bonchev–Trinajstić information content (AvgIpc) is 3.43. The number of aromatic nitrogens is 5. The SMILES string of the molecule is CC(C)(C)OC(=O)C(Cc1ccn(C2CC2)n1)N1CC(=O)C(c2cc(Cl)ccc2-n2cc(Cl)nn2)CC1=O. The largest absolute Gasteiger partial charge is 0.458 e. The number of carbonyl (C=O) groups is 3. The normalized spacial score (nSPS) is 19.1. The summed E-state index contributed by atoms with van der Waals surface area (Å²) in [6, 6.07) is 6.25. The number of likely N-dealkylation sites (tertiary alicyclic amines) is 1. The summed E-state index contributed by atoms with van der Waals surface area (Å²) >= 11 is 12.2. The van der Waals surface area contributed by atoms with Crippen molar-refractivity contribution in [2.45, 2.75) is 70.1 Å². The first kappa shape index (κ1) is 26.4. The van der Waals surface area contributed by atoms with E-state index in [2.05, 4.69) is 15.4 Å². The van der Waals surface area contributed by atoms with Gasteiger partial charge in [0.1, 0.15) is 11.6 Å². The topological polar surface area (TPSA) is 112 Å². The molecule has 2 aliphatic rings. The Balaban J connectivity index is 1.42. The van der Waals surface area contributed by atoms with Crippen LogP contribution in [-0.2, 0) is 25.5 Å². The number of amides is 1. The van der Waals surface area contributed by atoms with Crippen LogP contribution in [0.4, 0.5) is 0 Å². The number of Topliss-reactive ketones (excluding diaryl/α,β-unsaturated/α-hetero) is 1. The molecule has 200 valence electrons. The van der Waals surface area contributed by atoms with Gasteiger partial charge in [-0.05, 0) is 63.4 Å². The lowest BCUT2D eigenvalue weighted by molar-refractivity contribution is -0.166. The zero-order chi connectivity index (χ0) is 27.2. The number of ether oxygens (including phenoxy) is 1. The van der Waals surface area contributed by atoms with Crippen molar-refractivity contribution >= 4 is 40.9 Å². The van der Waals surface area contributed by atoms with Gasteiger partial charge in [-0.25, -0.2) is 9.48 Å². The monoisotopic (exact) mass is 558 g/mol. The van der Waals surface area contributed by atoms with Crippen molar-refractivity contribution in [3.05, 3.63) is 58.1 Å². The molecule has 10 nitrogen and oxygen atoms in total. The second kappa shape index (κ2) is 10.1. The Kier molecular flexibility index (Phi) is 7.04. The number of hydrogen-bond acceptors (Lipinski definition) is 7. The maximum Gasteiger partial charge on any atom is 0.329 e. The number of benzene rings is 1. The van der Waals surface area contributed by atoms with Gasteiger partial charge < -0.3 is 9.64 Å². The van der Waals surface area contributed by atoms with Crippen molar-refractivity contribution in [1.29, 1.82) is 0 Å². The molecule has 2 fully saturated rings. The number of ketones is 1. The van der Waals surface area contributed by atoms with Crippen molar-refractivity contribution in [1.82, 2.24) is 29.7 Å². The fourth-order valence-electron chi connectivity index (χ4n) is 4.63. The highest BCUT2D eigenvalue weighted by molar-refractivity contribution is 6.30. The van der Waals surface area contributed by atoms with E-state index in [1.807, 2.05) is 16.9 Å². The summed E-state index contributed by atoms with van der Waals surface area (Å²) in [5, 5.41) is 13.0. The van der Waals surface area contributed by atoms with E-state index in [4.69, 9.17) is 27.9 Å². The van der Waals surface area contributed by atoms with Crippen LogP contribution in [0.5, 0.6) is 0 Å². The maximum absolute atomic E-state index is 13.5. The standard InChI is InChI=1S/C26H28Cl2N6O4/c1-26(2,3)38-25(37)21(11-16-8-9-33(30-16)17-5-6-17)32-13-22(35)19(12-24(32)36)18-10-15(27)4-7-20(18)34-14-23(28)29-31-34/h4,7-10,14,17,19,21H,5-6,11-13H2,1-3H3. The van der Waals surface area contributed by atoms with E-state index in [0.717, 1.165) is 12.8 Å². The molecule has 3 aromatic rings. The molecule has 2 aromatic heterocycles. The van der Waals surface area contributed by atoms with Crippen LogP contribution in [0, 0.1) is 0 Å². The van der Waals surface area contributed by atoms with Gasteiger partial charge in [-0.3, -0.25) is 14.3 Å². The molecule has 38 heavy (non-hydrogen) atoms. The molecule has 0 radical (unpaired) electrons. The zero-order valence-electron chi connectivity index (χ0n) is 21.3. The minimum Gasteiger partial charge on any atom is -0.458 e. The van der Waals surface area contributed by atoms with Crippen molar-refractivity contribution in [2.24, 2.45) is 0 Å².